The minimum absolute atomic E-state index is 0.234. The zero-order valence-electron chi connectivity index (χ0n) is 13.2. The molecule has 0 radical (unpaired) electrons. The van der Waals surface area contributed by atoms with E-state index in [4.69, 9.17) is 4.74 Å². The lowest BCUT2D eigenvalue weighted by molar-refractivity contribution is -0.147. The van der Waals surface area contributed by atoms with Gasteiger partial charge in [-0.05, 0) is 35.6 Å². The van der Waals surface area contributed by atoms with Gasteiger partial charge >= 0.3 is 0 Å². The lowest BCUT2D eigenvalue weighted by Crippen LogP contribution is -2.52. The number of benzene rings is 2. The Labute approximate surface area is 136 Å². The van der Waals surface area contributed by atoms with Crippen LogP contribution in [0.4, 0.5) is 0 Å². The van der Waals surface area contributed by atoms with E-state index >= 15 is 0 Å². The molecule has 4 heteroatoms. The second-order valence-electron chi connectivity index (χ2n) is 5.98. The molecule has 2 aromatic carbocycles. The van der Waals surface area contributed by atoms with Crippen LogP contribution in [0.25, 0.3) is 0 Å². The van der Waals surface area contributed by atoms with Crippen molar-refractivity contribution in [2.75, 3.05) is 20.2 Å². The first-order valence-corrected chi connectivity index (χ1v) is 7.82. The van der Waals surface area contributed by atoms with Gasteiger partial charge in [-0.25, -0.2) is 0 Å². The van der Waals surface area contributed by atoms with E-state index in [1.165, 1.54) is 5.56 Å². The Morgan fingerprint density at radius 3 is 2.65 bits per heavy atom. The van der Waals surface area contributed by atoms with Gasteiger partial charge in [-0.2, -0.15) is 0 Å². The van der Waals surface area contributed by atoms with E-state index in [2.05, 4.69) is 12.1 Å². The average molecular weight is 311 g/mol. The summed E-state index contributed by atoms with van der Waals surface area (Å²) in [5.41, 5.74) is 1.86. The van der Waals surface area contributed by atoms with Gasteiger partial charge in [0.15, 0.2) is 6.10 Å². The van der Waals surface area contributed by atoms with Gasteiger partial charge in [-0.3, -0.25) is 4.79 Å². The van der Waals surface area contributed by atoms with E-state index in [9.17, 15) is 9.90 Å². The van der Waals surface area contributed by atoms with Crippen molar-refractivity contribution in [3.05, 3.63) is 65.7 Å². The molecule has 1 atom stereocenters. The summed E-state index contributed by atoms with van der Waals surface area (Å²) < 4.78 is 5.13. The van der Waals surface area contributed by atoms with E-state index < -0.39 is 6.10 Å². The fourth-order valence-electron chi connectivity index (χ4n) is 2.95. The maximum Gasteiger partial charge on any atom is 0.256 e. The van der Waals surface area contributed by atoms with Gasteiger partial charge < -0.3 is 14.7 Å². The zero-order chi connectivity index (χ0) is 16.2. The van der Waals surface area contributed by atoms with E-state index in [-0.39, 0.29) is 5.91 Å². The lowest BCUT2D eigenvalue weighted by Gasteiger charge is -2.40. The van der Waals surface area contributed by atoms with Crippen LogP contribution in [0.5, 0.6) is 5.75 Å². The molecule has 1 aliphatic rings. The predicted octanol–water partition coefficient (Wildman–Crippen LogP) is 2.43. The number of amides is 1. The molecule has 2 aromatic rings. The van der Waals surface area contributed by atoms with Crippen molar-refractivity contribution in [3.63, 3.8) is 0 Å². The quantitative estimate of drug-likeness (QED) is 0.922. The Morgan fingerprint density at radius 2 is 1.96 bits per heavy atom. The van der Waals surface area contributed by atoms with Gasteiger partial charge in [0.05, 0.1) is 7.11 Å². The highest BCUT2D eigenvalue weighted by atomic mass is 16.5. The molecule has 0 bridgehead atoms. The first kappa shape index (κ1) is 15.6. The molecule has 1 amide bonds. The average Bonchev–Trinajstić information content (AvgIpc) is 2.57. The lowest BCUT2D eigenvalue weighted by atomic mass is 9.91. The summed E-state index contributed by atoms with van der Waals surface area (Å²) in [5, 5.41) is 10.3. The molecular weight excluding hydrogens is 290 g/mol. The van der Waals surface area contributed by atoms with Crippen molar-refractivity contribution in [1.82, 2.24) is 4.90 Å². The van der Waals surface area contributed by atoms with Crippen molar-refractivity contribution < 1.29 is 14.6 Å². The van der Waals surface area contributed by atoms with Crippen LogP contribution >= 0.6 is 0 Å². The molecule has 1 unspecified atom stereocenters. The van der Waals surface area contributed by atoms with Crippen molar-refractivity contribution in [2.45, 2.75) is 12.5 Å². The monoisotopic (exact) mass is 311 g/mol. The minimum atomic E-state index is -1.12. The van der Waals surface area contributed by atoms with Gasteiger partial charge in [0.1, 0.15) is 5.75 Å². The first-order chi connectivity index (χ1) is 11.2. The molecule has 4 nitrogen and oxygen atoms in total. The van der Waals surface area contributed by atoms with Crippen molar-refractivity contribution in [2.24, 2.45) is 5.92 Å². The number of carbonyl (C=O) groups is 1. The van der Waals surface area contributed by atoms with E-state index in [1.54, 1.807) is 36.3 Å². The van der Waals surface area contributed by atoms with Crippen LogP contribution in [0.3, 0.4) is 0 Å². The summed E-state index contributed by atoms with van der Waals surface area (Å²) in [5.74, 6) is 0.876. The third-order valence-electron chi connectivity index (χ3n) is 4.28. The van der Waals surface area contributed by atoms with Crippen LogP contribution in [0.2, 0.25) is 0 Å². The van der Waals surface area contributed by atoms with Gasteiger partial charge in [-0.1, -0.05) is 42.5 Å². The fourth-order valence-corrected chi connectivity index (χ4v) is 2.95. The van der Waals surface area contributed by atoms with Gasteiger partial charge in [-0.15, -0.1) is 0 Å². The Kier molecular flexibility index (Phi) is 4.63. The molecule has 1 N–H and O–H groups in total. The third kappa shape index (κ3) is 3.54. The summed E-state index contributed by atoms with van der Waals surface area (Å²) >= 11 is 0. The Bertz CT molecular complexity index is 665. The van der Waals surface area contributed by atoms with Crippen molar-refractivity contribution >= 4 is 5.91 Å². The zero-order valence-corrected chi connectivity index (χ0v) is 13.2. The molecule has 0 aliphatic carbocycles. The largest absolute Gasteiger partial charge is 0.497 e. The number of aliphatic hydroxyl groups is 1. The molecule has 0 aromatic heterocycles. The Morgan fingerprint density at radius 1 is 1.22 bits per heavy atom. The number of ether oxygens (including phenoxy) is 1. The topological polar surface area (TPSA) is 49.8 Å². The SMILES string of the molecule is COc1cccc(C(O)C(=O)N2CC(Cc3ccccc3)C2)c1. The van der Waals surface area contributed by atoms with Crippen LogP contribution in [0.15, 0.2) is 54.6 Å². The molecule has 1 aliphatic heterocycles. The minimum Gasteiger partial charge on any atom is -0.497 e. The molecule has 0 spiro atoms. The summed E-state index contributed by atoms with van der Waals surface area (Å²) in [7, 11) is 1.57. The predicted molar refractivity (Wildman–Crippen MR) is 88.2 cm³/mol. The van der Waals surface area contributed by atoms with Crippen LogP contribution < -0.4 is 4.74 Å². The molecule has 120 valence electrons. The number of hydrogen-bond acceptors (Lipinski definition) is 3. The molecule has 0 saturated carbocycles. The number of methoxy groups -OCH3 is 1. The van der Waals surface area contributed by atoms with E-state index in [1.807, 2.05) is 18.2 Å². The summed E-state index contributed by atoms with van der Waals surface area (Å²) in [6.07, 6.45) is -0.150. The second-order valence-corrected chi connectivity index (χ2v) is 5.98. The van der Waals surface area contributed by atoms with Crippen molar-refractivity contribution in [1.29, 1.82) is 0 Å². The van der Waals surface area contributed by atoms with E-state index in [0.29, 0.717) is 30.3 Å². The van der Waals surface area contributed by atoms with Crippen LogP contribution in [-0.4, -0.2) is 36.1 Å². The van der Waals surface area contributed by atoms with Crippen LogP contribution in [-0.2, 0) is 11.2 Å². The standard InChI is InChI=1S/C19H21NO3/c1-23-17-9-5-8-16(11-17)18(21)19(22)20-12-15(13-20)10-14-6-3-2-4-7-14/h2-9,11,15,18,21H,10,12-13H2,1H3. The van der Waals surface area contributed by atoms with Gasteiger partial charge in [0.2, 0.25) is 0 Å². The summed E-state index contributed by atoms with van der Waals surface area (Å²) in [6.45, 7) is 1.41. The molecule has 1 heterocycles. The van der Waals surface area contributed by atoms with Crippen molar-refractivity contribution in [3.8, 4) is 5.75 Å². The molecular formula is C19H21NO3. The summed E-state index contributed by atoms with van der Waals surface area (Å²) in [6, 6.07) is 17.3. The molecule has 3 rings (SSSR count). The Balaban J connectivity index is 1.55. The smallest absolute Gasteiger partial charge is 0.256 e. The fraction of sp³-hybridized carbons (Fsp3) is 0.316. The number of carbonyl (C=O) groups excluding carboxylic acids is 1. The van der Waals surface area contributed by atoms with Crippen LogP contribution in [0.1, 0.15) is 17.2 Å². The summed E-state index contributed by atoms with van der Waals surface area (Å²) in [4.78, 5) is 14.1. The first-order valence-electron chi connectivity index (χ1n) is 7.82. The molecule has 1 saturated heterocycles. The number of hydrogen-bond donors (Lipinski definition) is 1. The van der Waals surface area contributed by atoms with Crippen LogP contribution in [0, 0.1) is 5.92 Å². The maximum absolute atomic E-state index is 12.4. The maximum atomic E-state index is 12.4. The number of aliphatic hydroxyl groups excluding tert-OH is 1. The van der Waals surface area contributed by atoms with Gasteiger partial charge in [0, 0.05) is 13.1 Å². The normalized spacial score (nSPS) is 15.8. The van der Waals surface area contributed by atoms with Gasteiger partial charge in [0.25, 0.3) is 5.91 Å². The second kappa shape index (κ2) is 6.84. The third-order valence-corrected chi connectivity index (χ3v) is 4.28. The molecule has 23 heavy (non-hydrogen) atoms. The number of likely N-dealkylation sites (tertiary alicyclic amines) is 1. The molecule has 1 fully saturated rings. The Hall–Kier alpha value is -2.33. The van der Waals surface area contributed by atoms with E-state index in [0.717, 1.165) is 6.42 Å². The highest BCUT2D eigenvalue weighted by Crippen LogP contribution is 2.26. The highest BCUT2D eigenvalue weighted by Gasteiger charge is 2.34. The number of nitrogens with zero attached hydrogens (tertiary/aromatic N) is 1. The highest BCUT2D eigenvalue weighted by molar-refractivity contribution is 5.82. The number of rotatable bonds is 5.